The normalized spacial score (nSPS) is 15.2. The second-order valence-electron chi connectivity index (χ2n) is 4.89. The number of rotatable bonds is 3. The Kier molecular flexibility index (Phi) is 4.76. The Balaban J connectivity index is 2.01. The number of non-ortho nitro benzene ring substituents is 1. The van der Waals surface area contributed by atoms with E-state index in [1.165, 1.54) is 18.2 Å². The van der Waals surface area contributed by atoms with Crippen molar-refractivity contribution in [3.63, 3.8) is 0 Å². The molecule has 1 aliphatic heterocycles. The summed E-state index contributed by atoms with van der Waals surface area (Å²) in [5.74, 6) is -0.764. The van der Waals surface area contributed by atoms with E-state index < -0.39 is 10.9 Å². The maximum atomic E-state index is 12.0. The topological polar surface area (TPSA) is 81.8 Å². The van der Waals surface area contributed by atoms with E-state index in [0.29, 0.717) is 15.6 Å². The van der Waals surface area contributed by atoms with Crippen molar-refractivity contribution in [1.29, 1.82) is 0 Å². The zero-order chi connectivity index (χ0) is 18.1. The van der Waals surface area contributed by atoms with Gasteiger partial charge in [-0.05, 0) is 24.3 Å². The number of ether oxygens (including phenoxy) is 1. The standard InChI is InChI=1S/C16H7Cl3N2O4/c17-11-2-1-3-12(18)10(11)7-14-16(22)25-15(20-14)9-5-4-8(21(23)24)6-13(9)19/h1-7H/b14-7-. The third-order valence-corrected chi connectivity index (χ3v) is 4.27. The van der Waals surface area contributed by atoms with Crippen LogP contribution in [0.3, 0.4) is 0 Å². The van der Waals surface area contributed by atoms with Gasteiger partial charge in [0.25, 0.3) is 5.69 Å². The number of aliphatic imine (C=N–C) groups is 1. The van der Waals surface area contributed by atoms with Crippen LogP contribution in [-0.2, 0) is 9.53 Å². The highest BCUT2D eigenvalue weighted by Crippen LogP contribution is 2.30. The van der Waals surface area contributed by atoms with Crippen LogP contribution < -0.4 is 0 Å². The van der Waals surface area contributed by atoms with Crippen molar-refractivity contribution in [3.8, 4) is 0 Å². The smallest absolute Gasteiger partial charge is 0.363 e. The minimum atomic E-state index is -0.708. The third-order valence-electron chi connectivity index (χ3n) is 3.30. The van der Waals surface area contributed by atoms with E-state index in [2.05, 4.69) is 4.99 Å². The Morgan fingerprint density at radius 3 is 2.36 bits per heavy atom. The maximum absolute atomic E-state index is 12.0. The SMILES string of the molecule is O=C1OC(c2ccc([N+](=O)[O-])cc2Cl)=N/C1=C\c1c(Cl)cccc1Cl. The number of nitro groups is 1. The third kappa shape index (κ3) is 3.51. The summed E-state index contributed by atoms with van der Waals surface area (Å²) >= 11 is 18.2. The van der Waals surface area contributed by atoms with E-state index in [4.69, 9.17) is 39.5 Å². The fraction of sp³-hybridized carbons (Fsp3) is 0. The van der Waals surface area contributed by atoms with Crippen LogP contribution in [0, 0.1) is 10.1 Å². The first-order chi connectivity index (χ1) is 11.9. The number of hydrogen-bond acceptors (Lipinski definition) is 5. The fourth-order valence-corrected chi connectivity index (χ4v) is 2.86. The highest BCUT2D eigenvalue weighted by molar-refractivity contribution is 6.37. The summed E-state index contributed by atoms with van der Waals surface area (Å²) in [6.07, 6.45) is 1.40. The summed E-state index contributed by atoms with van der Waals surface area (Å²) in [5, 5.41) is 11.5. The molecule has 25 heavy (non-hydrogen) atoms. The maximum Gasteiger partial charge on any atom is 0.363 e. The quantitative estimate of drug-likeness (QED) is 0.319. The molecule has 0 spiro atoms. The van der Waals surface area contributed by atoms with E-state index in [9.17, 15) is 14.9 Å². The van der Waals surface area contributed by atoms with Gasteiger partial charge in [-0.25, -0.2) is 9.79 Å². The van der Waals surface area contributed by atoms with Gasteiger partial charge in [-0.2, -0.15) is 0 Å². The highest BCUT2D eigenvalue weighted by atomic mass is 35.5. The predicted octanol–water partition coefficient (Wildman–Crippen LogP) is 4.90. The van der Waals surface area contributed by atoms with E-state index in [-0.39, 0.29) is 27.9 Å². The minimum Gasteiger partial charge on any atom is -0.402 e. The lowest BCUT2D eigenvalue weighted by Gasteiger charge is -2.02. The lowest BCUT2D eigenvalue weighted by atomic mass is 10.2. The Bertz CT molecular complexity index is 950. The van der Waals surface area contributed by atoms with Gasteiger partial charge in [-0.15, -0.1) is 0 Å². The van der Waals surface area contributed by atoms with Crippen molar-refractivity contribution >= 4 is 58.4 Å². The first-order valence-electron chi connectivity index (χ1n) is 6.77. The van der Waals surface area contributed by atoms with Gasteiger partial charge in [0.05, 0.1) is 15.5 Å². The molecule has 0 aliphatic carbocycles. The van der Waals surface area contributed by atoms with Crippen LogP contribution >= 0.6 is 34.8 Å². The molecule has 0 aromatic heterocycles. The van der Waals surface area contributed by atoms with Crippen molar-refractivity contribution in [1.82, 2.24) is 0 Å². The zero-order valence-electron chi connectivity index (χ0n) is 12.2. The number of carbonyl (C=O) groups excluding carboxylic acids is 1. The van der Waals surface area contributed by atoms with E-state index in [0.717, 1.165) is 6.07 Å². The molecule has 0 radical (unpaired) electrons. The molecule has 126 valence electrons. The van der Waals surface area contributed by atoms with Gasteiger partial charge in [0.2, 0.25) is 5.90 Å². The first-order valence-corrected chi connectivity index (χ1v) is 7.91. The van der Waals surface area contributed by atoms with E-state index in [1.807, 2.05) is 0 Å². The number of benzene rings is 2. The van der Waals surface area contributed by atoms with Crippen molar-refractivity contribution in [3.05, 3.63) is 78.4 Å². The first kappa shape index (κ1) is 17.4. The number of nitrogens with zero attached hydrogens (tertiary/aromatic N) is 2. The monoisotopic (exact) mass is 396 g/mol. The summed E-state index contributed by atoms with van der Waals surface area (Å²) < 4.78 is 5.10. The summed E-state index contributed by atoms with van der Waals surface area (Å²) in [5.41, 5.74) is 0.489. The van der Waals surface area contributed by atoms with Gasteiger partial charge < -0.3 is 4.74 Å². The zero-order valence-corrected chi connectivity index (χ0v) is 14.5. The van der Waals surface area contributed by atoms with Crippen LogP contribution in [0.1, 0.15) is 11.1 Å². The molecule has 0 atom stereocenters. The Labute approximate surface area is 156 Å². The number of esters is 1. The van der Waals surface area contributed by atoms with Crippen LogP contribution in [0.25, 0.3) is 6.08 Å². The van der Waals surface area contributed by atoms with Gasteiger partial charge in [-0.3, -0.25) is 10.1 Å². The summed E-state index contributed by atoms with van der Waals surface area (Å²) in [6, 6.07) is 8.67. The molecule has 1 heterocycles. The Hall–Kier alpha value is -2.41. The Morgan fingerprint density at radius 1 is 1.08 bits per heavy atom. The lowest BCUT2D eigenvalue weighted by molar-refractivity contribution is -0.384. The lowest BCUT2D eigenvalue weighted by Crippen LogP contribution is -2.06. The van der Waals surface area contributed by atoms with Crippen molar-refractivity contribution in [2.75, 3.05) is 0 Å². The van der Waals surface area contributed by atoms with Crippen LogP contribution in [0.15, 0.2) is 47.1 Å². The molecule has 0 bridgehead atoms. The molecule has 0 fully saturated rings. The van der Waals surface area contributed by atoms with Crippen LogP contribution in [0.5, 0.6) is 0 Å². The number of nitro benzene ring substituents is 1. The number of hydrogen-bond donors (Lipinski definition) is 0. The van der Waals surface area contributed by atoms with Crippen molar-refractivity contribution in [2.24, 2.45) is 4.99 Å². The predicted molar refractivity (Wildman–Crippen MR) is 95.2 cm³/mol. The molecule has 2 aromatic rings. The number of carbonyl (C=O) groups is 1. The van der Waals surface area contributed by atoms with Crippen LogP contribution in [0.4, 0.5) is 5.69 Å². The summed E-state index contributed by atoms with van der Waals surface area (Å²) in [7, 11) is 0. The molecular weight excluding hydrogens is 391 g/mol. The van der Waals surface area contributed by atoms with Crippen molar-refractivity contribution < 1.29 is 14.5 Å². The average molecular weight is 398 g/mol. The van der Waals surface area contributed by atoms with Gasteiger partial charge in [0.15, 0.2) is 5.70 Å². The summed E-state index contributed by atoms with van der Waals surface area (Å²) in [4.78, 5) is 26.3. The van der Waals surface area contributed by atoms with Gasteiger partial charge >= 0.3 is 5.97 Å². The molecule has 0 N–H and O–H groups in total. The molecule has 0 saturated heterocycles. The molecule has 0 amide bonds. The molecule has 1 aliphatic rings. The molecule has 0 unspecified atom stereocenters. The fourth-order valence-electron chi connectivity index (χ4n) is 2.10. The molecule has 0 saturated carbocycles. The molecule has 3 rings (SSSR count). The largest absolute Gasteiger partial charge is 0.402 e. The van der Waals surface area contributed by atoms with Gasteiger partial charge in [-0.1, -0.05) is 40.9 Å². The van der Waals surface area contributed by atoms with Gasteiger partial charge in [0.1, 0.15) is 0 Å². The number of cyclic esters (lactones) is 1. The van der Waals surface area contributed by atoms with E-state index in [1.54, 1.807) is 18.2 Å². The molecule has 2 aromatic carbocycles. The van der Waals surface area contributed by atoms with Gasteiger partial charge in [0, 0.05) is 27.7 Å². The molecule has 6 nitrogen and oxygen atoms in total. The van der Waals surface area contributed by atoms with Crippen LogP contribution in [0.2, 0.25) is 15.1 Å². The second kappa shape index (κ2) is 6.84. The number of halogens is 3. The second-order valence-corrected chi connectivity index (χ2v) is 6.11. The Morgan fingerprint density at radius 2 is 1.76 bits per heavy atom. The van der Waals surface area contributed by atoms with Crippen molar-refractivity contribution in [2.45, 2.75) is 0 Å². The molecule has 9 heteroatoms. The highest BCUT2D eigenvalue weighted by Gasteiger charge is 2.27. The summed E-state index contributed by atoms with van der Waals surface area (Å²) in [6.45, 7) is 0. The molecular formula is C16H7Cl3N2O4. The minimum absolute atomic E-state index is 0.0144. The average Bonchev–Trinajstić information content (AvgIpc) is 2.91. The van der Waals surface area contributed by atoms with E-state index >= 15 is 0 Å². The van der Waals surface area contributed by atoms with Crippen LogP contribution in [-0.4, -0.2) is 16.8 Å².